The summed E-state index contributed by atoms with van der Waals surface area (Å²) in [5.74, 6) is -0.860. The van der Waals surface area contributed by atoms with Crippen molar-refractivity contribution in [2.24, 2.45) is 0 Å². The first-order valence-corrected chi connectivity index (χ1v) is 7.28. The molecule has 4 nitrogen and oxygen atoms in total. The molecule has 2 N–H and O–H groups in total. The van der Waals surface area contributed by atoms with Crippen LogP contribution in [-0.4, -0.2) is 30.8 Å². The minimum Gasteiger partial charge on any atom is -0.480 e. The molecule has 0 saturated heterocycles. The van der Waals surface area contributed by atoms with Gasteiger partial charge in [-0.05, 0) is 25.5 Å². The summed E-state index contributed by atoms with van der Waals surface area (Å²) >= 11 is 0. The fourth-order valence-electron chi connectivity index (χ4n) is 2.91. The van der Waals surface area contributed by atoms with Crippen LogP contribution in [0.25, 0.3) is 0 Å². The summed E-state index contributed by atoms with van der Waals surface area (Å²) in [6.07, 6.45) is 5.39. The molecule has 1 aromatic carbocycles. The van der Waals surface area contributed by atoms with Crippen molar-refractivity contribution in [3.8, 4) is 0 Å². The first kappa shape index (κ1) is 15.0. The minimum absolute atomic E-state index is 0.314. The van der Waals surface area contributed by atoms with Crippen molar-refractivity contribution in [3.63, 3.8) is 0 Å². The van der Waals surface area contributed by atoms with Gasteiger partial charge in [-0.25, -0.2) is 4.79 Å². The van der Waals surface area contributed by atoms with Crippen LogP contribution in [0, 0.1) is 0 Å². The molecule has 0 heterocycles. The summed E-state index contributed by atoms with van der Waals surface area (Å²) in [6, 6.07) is 9.31. The van der Waals surface area contributed by atoms with Gasteiger partial charge in [0.15, 0.2) is 0 Å². The SMILES string of the molecule is CNC(CCOC1CCCC1)(C(=O)O)c1ccccc1. The number of ether oxygens (including phenoxy) is 1. The predicted molar refractivity (Wildman–Crippen MR) is 77.6 cm³/mol. The Morgan fingerprint density at radius 1 is 1.35 bits per heavy atom. The van der Waals surface area contributed by atoms with E-state index in [1.54, 1.807) is 7.05 Å². The van der Waals surface area contributed by atoms with Gasteiger partial charge >= 0.3 is 5.97 Å². The minimum atomic E-state index is -1.07. The lowest BCUT2D eigenvalue weighted by Gasteiger charge is -2.30. The molecule has 1 atom stereocenters. The molecule has 20 heavy (non-hydrogen) atoms. The Kier molecular flexibility index (Phi) is 5.15. The number of carbonyl (C=O) groups is 1. The molecule has 1 unspecified atom stereocenters. The van der Waals surface area contributed by atoms with Gasteiger partial charge in [-0.2, -0.15) is 0 Å². The highest BCUT2D eigenvalue weighted by Crippen LogP contribution is 2.27. The molecule has 0 aliphatic heterocycles. The lowest BCUT2D eigenvalue weighted by molar-refractivity contribution is -0.146. The smallest absolute Gasteiger partial charge is 0.328 e. The van der Waals surface area contributed by atoms with Crippen molar-refractivity contribution in [2.45, 2.75) is 43.7 Å². The van der Waals surface area contributed by atoms with Crippen LogP contribution in [-0.2, 0) is 15.1 Å². The van der Waals surface area contributed by atoms with Crippen LogP contribution in [0.1, 0.15) is 37.7 Å². The molecule has 1 aliphatic rings. The van der Waals surface area contributed by atoms with Gasteiger partial charge < -0.3 is 15.2 Å². The zero-order chi connectivity index (χ0) is 14.4. The lowest BCUT2D eigenvalue weighted by Crippen LogP contribution is -2.48. The monoisotopic (exact) mass is 277 g/mol. The van der Waals surface area contributed by atoms with E-state index in [9.17, 15) is 9.90 Å². The van der Waals surface area contributed by atoms with E-state index >= 15 is 0 Å². The molecular weight excluding hydrogens is 254 g/mol. The van der Waals surface area contributed by atoms with Crippen LogP contribution in [0.3, 0.4) is 0 Å². The quantitative estimate of drug-likeness (QED) is 0.804. The average molecular weight is 277 g/mol. The number of rotatable bonds is 7. The van der Waals surface area contributed by atoms with Crippen molar-refractivity contribution in [2.75, 3.05) is 13.7 Å². The summed E-state index contributed by atoms with van der Waals surface area (Å²) < 4.78 is 5.83. The topological polar surface area (TPSA) is 58.6 Å². The maximum atomic E-state index is 11.8. The molecule has 1 fully saturated rings. The fourth-order valence-corrected chi connectivity index (χ4v) is 2.91. The van der Waals surface area contributed by atoms with Gasteiger partial charge in [0.05, 0.1) is 6.10 Å². The third kappa shape index (κ3) is 3.19. The molecule has 1 aliphatic carbocycles. The van der Waals surface area contributed by atoms with Crippen molar-refractivity contribution in [3.05, 3.63) is 35.9 Å². The number of aliphatic carboxylic acids is 1. The fraction of sp³-hybridized carbons (Fsp3) is 0.562. The lowest BCUT2D eigenvalue weighted by atomic mass is 9.87. The zero-order valence-corrected chi connectivity index (χ0v) is 12.0. The molecule has 2 rings (SSSR count). The van der Waals surface area contributed by atoms with Crippen molar-refractivity contribution in [1.29, 1.82) is 0 Å². The molecule has 4 heteroatoms. The number of nitrogens with one attached hydrogen (secondary N) is 1. The van der Waals surface area contributed by atoms with Gasteiger partial charge in [0, 0.05) is 13.0 Å². The second-order valence-electron chi connectivity index (χ2n) is 5.35. The van der Waals surface area contributed by atoms with E-state index in [-0.39, 0.29) is 0 Å². The highest BCUT2D eigenvalue weighted by atomic mass is 16.5. The number of hydrogen-bond donors (Lipinski definition) is 2. The summed E-state index contributed by atoms with van der Waals surface area (Å²) in [4.78, 5) is 11.8. The third-order valence-corrected chi connectivity index (χ3v) is 4.19. The van der Waals surface area contributed by atoms with Crippen LogP contribution in [0.5, 0.6) is 0 Å². The Balaban J connectivity index is 2.05. The van der Waals surface area contributed by atoms with Gasteiger partial charge in [-0.3, -0.25) is 0 Å². The van der Waals surface area contributed by atoms with Crippen LogP contribution in [0.2, 0.25) is 0 Å². The molecule has 0 bridgehead atoms. The van der Waals surface area contributed by atoms with Crippen LogP contribution in [0.4, 0.5) is 0 Å². The molecule has 0 spiro atoms. The summed E-state index contributed by atoms with van der Waals surface area (Å²) in [6.45, 7) is 0.465. The standard InChI is InChI=1S/C16H23NO3/c1-17-16(15(18)19,13-7-3-2-4-8-13)11-12-20-14-9-5-6-10-14/h2-4,7-8,14,17H,5-6,9-12H2,1H3,(H,18,19). The number of carboxylic acid groups (broad SMARTS) is 1. The number of carboxylic acids is 1. The van der Waals surface area contributed by atoms with Gasteiger partial charge in [-0.15, -0.1) is 0 Å². The average Bonchev–Trinajstić information content (AvgIpc) is 2.97. The van der Waals surface area contributed by atoms with E-state index in [0.29, 0.717) is 19.1 Å². The predicted octanol–water partition coefficient (Wildman–Crippen LogP) is 2.54. The molecule has 110 valence electrons. The highest BCUT2D eigenvalue weighted by Gasteiger charge is 2.38. The number of hydrogen-bond acceptors (Lipinski definition) is 3. The summed E-state index contributed by atoms with van der Waals surface area (Å²) in [7, 11) is 1.69. The van der Waals surface area contributed by atoms with Gasteiger partial charge in [0.2, 0.25) is 0 Å². The largest absolute Gasteiger partial charge is 0.480 e. The first-order chi connectivity index (χ1) is 9.69. The van der Waals surface area contributed by atoms with Gasteiger partial charge in [-0.1, -0.05) is 43.2 Å². The Labute approximate surface area is 120 Å². The van der Waals surface area contributed by atoms with Crippen molar-refractivity contribution in [1.82, 2.24) is 5.32 Å². The van der Waals surface area contributed by atoms with E-state index in [4.69, 9.17) is 4.74 Å². The van der Waals surface area contributed by atoms with Crippen LogP contribution >= 0.6 is 0 Å². The molecule has 0 aromatic heterocycles. The van der Waals surface area contributed by atoms with Gasteiger partial charge in [0.25, 0.3) is 0 Å². The maximum absolute atomic E-state index is 11.8. The maximum Gasteiger partial charge on any atom is 0.328 e. The first-order valence-electron chi connectivity index (χ1n) is 7.28. The van der Waals surface area contributed by atoms with Crippen LogP contribution in [0.15, 0.2) is 30.3 Å². The number of likely N-dealkylation sites (N-methyl/N-ethyl adjacent to an activating group) is 1. The molecule has 1 saturated carbocycles. The Morgan fingerprint density at radius 3 is 2.55 bits per heavy atom. The summed E-state index contributed by atoms with van der Waals surface area (Å²) in [5.41, 5.74) is -0.301. The Morgan fingerprint density at radius 2 is 2.00 bits per heavy atom. The molecule has 0 radical (unpaired) electrons. The van der Waals surface area contributed by atoms with E-state index in [1.807, 2.05) is 30.3 Å². The number of benzene rings is 1. The molecular formula is C16H23NO3. The second-order valence-corrected chi connectivity index (χ2v) is 5.35. The van der Waals surface area contributed by atoms with Crippen molar-refractivity contribution < 1.29 is 14.6 Å². The Bertz CT molecular complexity index is 429. The van der Waals surface area contributed by atoms with E-state index < -0.39 is 11.5 Å². The van der Waals surface area contributed by atoms with E-state index in [1.165, 1.54) is 12.8 Å². The van der Waals surface area contributed by atoms with E-state index in [0.717, 1.165) is 18.4 Å². The zero-order valence-electron chi connectivity index (χ0n) is 12.0. The van der Waals surface area contributed by atoms with Gasteiger partial charge in [0.1, 0.15) is 5.54 Å². The van der Waals surface area contributed by atoms with Crippen molar-refractivity contribution >= 4 is 5.97 Å². The normalized spacial score (nSPS) is 18.9. The second kappa shape index (κ2) is 6.86. The van der Waals surface area contributed by atoms with E-state index in [2.05, 4.69) is 5.32 Å². The highest BCUT2D eigenvalue weighted by molar-refractivity contribution is 5.80. The third-order valence-electron chi connectivity index (χ3n) is 4.19. The molecule has 0 amide bonds. The summed E-state index contributed by atoms with van der Waals surface area (Å²) in [5, 5.41) is 12.6. The Hall–Kier alpha value is -1.39. The van der Waals surface area contributed by atoms with Crippen LogP contribution < -0.4 is 5.32 Å². The molecule has 1 aromatic rings.